The molecule has 1 aliphatic rings. The Morgan fingerprint density at radius 1 is 1.16 bits per heavy atom. The van der Waals surface area contributed by atoms with Crippen LogP contribution in [0, 0.1) is 0 Å². The van der Waals surface area contributed by atoms with Crippen LogP contribution in [0.5, 0.6) is 11.5 Å². The number of aromatic hydroxyl groups is 1. The van der Waals surface area contributed by atoms with Crippen LogP contribution in [0.1, 0.15) is 30.9 Å². The van der Waals surface area contributed by atoms with Crippen molar-refractivity contribution >= 4 is 41.5 Å². The predicted molar refractivity (Wildman–Crippen MR) is 135 cm³/mol. The quantitative estimate of drug-likeness (QED) is 0.273. The maximum Gasteiger partial charge on any atom is 0.227 e. The van der Waals surface area contributed by atoms with Crippen molar-refractivity contribution in [3.8, 4) is 11.5 Å². The maximum absolute atomic E-state index is 11.9. The molecule has 0 aromatic heterocycles. The molecular formula is C23H31IN4O3. The van der Waals surface area contributed by atoms with Gasteiger partial charge in [0.2, 0.25) is 5.91 Å². The summed E-state index contributed by atoms with van der Waals surface area (Å²) in [4.78, 5) is 18.4. The fourth-order valence-corrected chi connectivity index (χ4v) is 3.42. The van der Waals surface area contributed by atoms with Crippen LogP contribution < -0.4 is 20.3 Å². The first kappa shape index (κ1) is 24.8. The first-order chi connectivity index (χ1) is 14.6. The monoisotopic (exact) mass is 538 g/mol. The van der Waals surface area contributed by atoms with E-state index in [1.54, 1.807) is 13.2 Å². The summed E-state index contributed by atoms with van der Waals surface area (Å²) in [7, 11) is 1.54. The van der Waals surface area contributed by atoms with E-state index in [4.69, 9.17) is 4.74 Å². The first-order valence-corrected chi connectivity index (χ1v) is 10.4. The number of methoxy groups -OCH3 is 1. The van der Waals surface area contributed by atoms with E-state index in [1.165, 1.54) is 0 Å². The van der Waals surface area contributed by atoms with Crippen LogP contribution in [-0.2, 0) is 17.8 Å². The number of benzene rings is 2. The summed E-state index contributed by atoms with van der Waals surface area (Å²) in [6.45, 7) is 4.86. The number of nitrogens with one attached hydrogen (secondary N) is 2. The lowest BCUT2D eigenvalue weighted by Crippen LogP contribution is -2.38. The molecule has 1 heterocycles. The van der Waals surface area contributed by atoms with Crippen molar-refractivity contribution in [3.63, 3.8) is 0 Å². The largest absolute Gasteiger partial charge is 0.504 e. The summed E-state index contributed by atoms with van der Waals surface area (Å²) in [6.07, 6.45) is 2.35. The lowest BCUT2D eigenvalue weighted by atomic mass is 10.1. The van der Waals surface area contributed by atoms with Gasteiger partial charge in [-0.15, -0.1) is 24.0 Å². The highest BCUT2D eigenvalue weighted by atomic mass is 127. The SMILES string of the molecule is CCNC(=NCc1ccc(N2CCCC2=O)cc1)NCCc1ccc(O)c(OC)c1.I. The van der Waals surface area contributed by atoms with Crippen LogP contribution in [0.2, 0.25) is 0 Å². The minimum Gasteiger partial charge on any atom is -0.504 e. The fourth-order valence-electron chi connectivity index (χ4n) is 3.42. The highest BCUT2D eigenvalue weighted by Gasteiger charge is 2.21. The number of guanidine groups is 1. The van der Waals surface area contributed by atoms with E-state index < -0.39 is 0 Å². The molecule has 0 aliphatic carbocycles. The van der Waals surface area contributed by atoms with Gasteiger partial charge in [0.1, 0.15) is 0 Å². The average Bonchev–Trinajstić information content (AvgIpc) is 3.19. The molecule has 0 radical (unpaired) electrons. The summed E-state index contributed by atoms with van der Waals surface area (Å²) < 4.78 is 5.16. The van der Waals surface area contributed by atoms with Crippen molar-refractivity contribution in [3.05, 3.63) is 53.6 Å². The predicted octanol–water partition coefficient (Wildman–Crippen LogP) is 3.44. The van der Waals surface area contributed by atoms with Crippen molar-refractivity contribution < 1.29 is 14.6 Å². The van der Waals surface area contributed by atoms with Gasteiger partial charge >= 0.3 is 0 Å². The second-order valence-corrected chi connectivity index (χ2v) is 7.19. The third-order valence-electron chi connectivity index (χ3n) is 5.04. The zero-order valence-electron chi connectivity index (χ0n) is 18.1. The number of aliphatic imine (C=N–C) groups is 1. The van der Waals surface area contributed by atoms with Crippen LogP contribution in [0.25, 0.3) is 0 Å². The summed E-state index contributed by atoms with van der Waals surface area (Å²) in [5, 5.41) is 16.3. The minimum atomic E-state index is 0. The van der Waals surface area contributed by atoms with E-state index in [9.17, 15) is 9.90 Å². The van der Waals surface area contributed by atoms with Crippen molar-refractivity contribution in [2.24, 2.45) is 4.99 Å². The lowest BCUT2D eigenvalue weighted by Gasteiger charge is -2.16. The van der Waals surface area contributed by atoms with E-state index >= 15 is 0 Å². The van der Waals surface area contributed by atoms with E-state index in [0.29, 0.717) is 25.3 Å². The number of ether oxygens (including phenoxy) is 1. The number of nitrogens with zero attached hydrogens (tertiary/aromatic N) is 2. The molecule has 8 heteroatoms. The van der Waals surface area contributed by atoms with Crippen molar-refractivity contribution in [2.45, 2.75) is 32.7 Å². The van der Waals surface area contributed by atoms with Crippen LogP contribution in [0.4, 0.5) is 5.69 Å². The molecule has 0 saturated carbocycles. The average molecular weight is 538 g/mol. The van der Waals surface area contributed by atoms with E-state index in [0.717, 1.165) is 48.7 Å². The molecule has 0 unspecified atom stereocenters. The van der Waals surface area contributed by atoms with Gasteiger partial charge in [-0.25, -0.2) is 4.99 Å². The Bertz CT molecular complexity index is 887. The minimum absolute atomic E-state index is 0. The summed E-state index contributed by atoms with van der Waals surface area (Å²) in [5.74, 6) is 1.57. The molecule has 2 aromatic rings. The lowest BCUT2D eigenvalue weighted by molar-refractivity contribution is -0.117. The first-order valence-electron chi connectivity index (χ1n) is 10.4. The van der Waals surface area contributed by atoms with Gasteiger partial charge in [-0.2, -0.15) is 0 Å². The molecule has 1 saturated heterocycles. The summed E-state index contributed by atoms with van der Waals surface area (Å²) in [5.41, 5.74) is 3.12. The maximum atomic E-state index is 11.9. The number of halogens is 1. The number of phenolic OH excluding ortho intramolecular Hbond substituents is 1. The Morgan fingerprint density at radius 3 is 2.55 bits per heavy atom. The molecule has 0 spiro atoms. The van der Waals surface area contributed by atoms with Crippen LogP contribution >= 0.6 is 24.0 Å². The van der Waals surface area contributed by atoms with Gasteiger partial charge in [0.25, 0.3) is 0 Å². The molecule has 168 valence electrons. The number of hydrogen-bond donors (Lipinski definition) is 3. The Balaban J connectivity index is 0.00000341. The van der Waals surface area contributed by atoms with Gasteiger partial charge in [0, 0.05) is 31.7 Å². The molecule has 1 fully saturated rings. The van der Waals surface area contributed by atoms with E-state index in [-0.39, 0.29) is 35.6 Å². The van der Waals surface area contributed by atoms with Crippen molar-refractivity contribution in [1.29, 1.82) is 0 Å². The summed E-state index contributed by atoms with van der Waals surface area (Å²) in [6, 6.07) is 13.4. The van der Waals surface area contributed by atoms with Crippen LogP contribution in [-0.4, -0.2) is 43.7 Å². The standard InChI is InChI=1S/C23H30N4O3.HI/c1-3-24-23(25-13-12-17-8-11-20(28)21(15-17)30-2)26-16-18-6-9-19(10-7-18)27-14-4-5-22(27)29;/h6-11,15,28H,3-5,12-14,16H2,1-2H3,(H2,24,25,26);1H. The number of carbonyl (C=O) groups excluding carboxylic acids is 1. The number of carbonyl (C=O) groups is 1. The number of amides is 1. The molecule has 7 nitrogen and oxygen atoms in total. The number of hydrogen-bond acceptors (Lipinski definition) is 4. The molecule has 0 bridgehead atoms. The topological polar surface area (TPSA) is 86.2 Å². The molecule has 0 atom stereocenters. The zero-order valence-corrected chi connectivity index (χ0v) is 20.4. The van der Waals surface area contributed by atoms with Crippen LogP contribution in [0.3, 0.4) is 0 Å². The molecule has 2 aromatic carbocycles. The van der Waals surface area contributed by atoms with Crippen molar-refractivity contribution in [2.75, 3.05) is 31.6 Å². The Morgan fingerprint density at radius 2 is 1.90 bits per heavy atom. The Kier molecular flexibility index (Phi) is 9.90. The third-order valence-corrected chi connectivity index (χ3v) is 5.04. The Labute approximate surface area is 200 Å². The van der Waals surface area contributed by atoms with Gasteiger partial charge < -0.3 is 25.4 Å². The Hall–Kier alpha value is -2.49. The van der Waals surface area contributed by atoms with Gasteiger partial charge in [-0.05, 0) is 55.2 Å². The summed E-state index contributed by atoms with van der Waals surface area (Å²) >= 11 is 0. The van der Waals surface area contributed by atoms with Crippen molar-refractivity contribution in [1.82, 2.24) is 10.6 Å². The second-order valence-electron chi connectivity index (χ2n) is 7.19. The van der Waals surface area contributed by atoms with Gasteiger partial charge in [-0.1, -0.05) is 18.2 Å². The highest BCUT2D eigenvalue weighted by molar-refractivity contribution is 14.0. The molecule has 3 rings (SSSR count). The van der Waals surface area contributed by atoms with E-state index in [1.807, 2.05) is 48.2 Å². The van der Waals surface area contributed by atoms with Gasteiger partial charge in [0.05, 0.1) is 13.7 Å². The normalized spacial score (nSPS) is 13.7. The zero-order chi connectivity index (χ0) is 21.3. The third kappa shape index (κ3) is 7.02. The highest BCUT2D eigenvalue weighted by Crippen LogP contribution is 2.26. The second kappa shape index (κ2) is 12.4. The molecule has 31 heavy (non-hydrogen) atoms. The molecular weight excluding hydrogens is 507 g/mol. The smallest absolute Gasteiger partial charge is 0.227 e. The number of phenols is 1. The fraction of sp³-hybridized carbons (Fsp3) is 0.391. The molecule has 1 aliphatic heterocycles. The van der Waals surface area contributed by atoms with Gasteiger partial charge in [0.15, 0.2) is 17.5 Å². The molecule has 1 amide bonds. The number of rotatable bonds is 8. The van der Waals surface area contributed by atoms with Gasteiger partial charge in [-0.3, -0.25) is 4.79 Å². The number of anilines is 1. The molecule has 3 N–H and O–H groups in total. The van der Waals surface area contributed by atoms with Crippen LogP contribution in [0.15, 0.2) is 47.5 Å². The van der Waals surface area contributed by atoms with E-state index in [2.05, 4.69) is 15.6 Å².